The lowest BCUT2D eigenvalue weighted by atomic mass is 9.49. The summed E-state index contributed by atoms with van der Waals surface area (Å²) < 4.78 is 0.764. The lowest BCUT2D eigenvalue weighted by Crippen LogP contribution is -2.51. The smallest absolute Gasteiger partial charge is 0.252 e. The Morgan fingerprint density at radius 1 is 1.19 bits per heavy atom. The molecular weight excluding hydrogens is 328 g/mol. The molecule has 4 aliphatic rings. The third-order valence-electron chi connectivity index (χ3n) is 5.78. The molecule has 4 fully saturated rings. The van der Waals surface area contributed by atoms with E-state index < -0.39 is 0 Å². The van der Waals surface area contributed by atoms with Gasteiger partial charge in [0.05, 0.1) is 5.56 Å². The third kappa shape index (κ3) is 2.63. The van der Waals surface area contributed by atoms with Gasteiger partial charge >= 0.3 is 0 Å². The average Bonchev–Trinajstić information content (AvgIpc) is 2.44. The Hall–Kier alpha value is -0.900. The number of aromatic nitrogens is 1. The summed E-state index contributed by atoms with van der Waals surface area (Å²) in [6, 6.07) is 3.64. The van der Waals surface area contributed by atoms with Gasteiger partial charge in [-0.3, -0.25) is 4.79 Å². The molecule has 0 radical (unpaired) electrons. The van der Waals surface area contributed by atoms with Crippen LogP contribution in [0.1, 0.15) is 48.9 Å². The lowest BCUT2D eigenvalue weighted by molar-refractivity contribution is -0.0503. The Balaban J connectivity index is 1.42. The van der Waals surface area contributed by atoms with Gasteiger partial charge in [0.1, 0.15) is 4.60 Å². The molecule has 4 saturated carbocycles. The van der Waals surface area contributed by atoms with E-state index >= 15 is 0 Å². The minimum atomic E-state index is 0.0192. The van der Waals surface area contributed by atoms with E-state index in [1.165, 1.54) is 38.5 Å². The summed E-state index contributed by atoms with van der Waals surface area (Å²) >= 11 is 3.30. The van der Waals surface area contributed by atoms with Crippen molar-refractivity contribution in [2.45, 2.75) is 38.5 Å². The SMILES string of the molecule is O=C(NCC12CC3CC(CC(C3)C1)C2)c1ccc(Br)nc1. The number of hydrogen-bond acceptors (Lipinski definition) is 2. The van der Waals surface area contributed by atoms with Crippen molar-refractivity contribution in [3.05, 3.63) is 28.5 Å². The van der Waals surface area contributed by atoms with Crippen LogP contribution in [0.15, 0.2) is 22.9 Å². The van der Waals surface area contributed by atoms with E-state index in [0.29, 0.717) is 11.0 Å². The summed E-state index contributed by atoms with van der Waals surface area (Å²) in [7, 11) is 0. The zero-order chi connectivity index (χ0) is 14.4. The molecule has 0 spiro atoms. The first-order chi connectivity index (χ1) is 10.1. The van der Waals surface area contributed by atoms with Crippen LogP contribution in [0.2, 0.25) is 0 Å². The maximum Gasteiger partial charge on any atom is 0.252 e. The van der Waals surface area contributed by atoms with Crippen LogP contribution < -0.4 is 5.32 Å². The fourth-order valence-corrected chi connectivity index (χ4v) is 5.62. The van der Waals surface area contributed by atoms with Crippen LogP contribution in [0.4, 0.5) is 0 Å². The third-order valence-corrected chi connectivity index (χ3v) is 6.25. The molecule has 5 rings (SSSR count). The molecule has 0 saturated heterocycles. The first-order valence-electron chi connectivity index (χ1n) is 8.02. The highest BCUT2D eigenvalue weighted by atomic mass is 79.9. The molecule has 1 aromatic heterocycles. The molecule has 21 heavy (non-hydrogen) atoms. The second-order valence-electron chi connectivity index (χ2n) is 7.47. The maximum absolute atomic E-state index is 12.3. The molecule has 0 aliphatic heterocycles. The van der Waals surface area contributed by atoms with Crippen LogP contribution >= 0.6 is 15.9 Å². The second-order valence-corrected chi connectivity index (χ2v) is 8.28. The number of pyridine rings is 1. The Labute approximate surface area is 134 Å². The zero-order valence-corrected chi connectivity index (χ0v) is 13.7. The van der Waals surface area contributed by atoms with Gasteiger partial charge in [-0.05, 0) is 89.8 Å². The molecule has 0 aromatic carbocycles. The van der Waals surface area contributed by atoms with Crippen molar-refractivity contribution in [3.8, 4) is 0 Å². The van der Waals surface area contributed by atoms with E-state index in [1.807, 2.05) is 12.1 Å². The number of rotatable bonds is 3. The van der Waals surface area contributed by atoms with Gasteiger partial charge in [0, 0.05) is 12.7 Å². The van der Waals surface area contributed by atoms with Gasteiger partial charge in [-0.1, -0.05) is 0 Å². The van der Waals surface area contributed by atoms with Crippen molar-refractivity contribution >= 4 is 21.8 Å². The van der Waals surface area contributed by atoms with E-state index in [2.05, 4.69) is 26.2 Å². The van der Waals surface area contributed by atoms with Crippen molar-refractivity contribution in [2.75, 3.05) is 6.54 Å². The Morgan fingerprint density at radius 2 is 1.81 bits per heavy atom. The minimum absolute atomic E-state index is 0.0192. The fraction of sp³-hybridized carbons (Fsp3) is 0.647. The highest BCUT2D eigenvalue weighted by Crippen LogP contribution is 2.59. The van der Waals surface area contributed by atoms with Crippen molar-refractivity contribution in [1.29, 1.82) is 0 Å². The summed E-state index contributed by atoms with van der Waals surface area (Å²) in [6.07, 6.45) is 9.98. The molecule has 1 aromatic rings. The number of nitrogens with zero attached hydrogens (tertiary/aromatic N) is 1. The number of carbonyl (C=O) groups is 1. The molecule has 4 heteroatoms. The molecule has 1 N–H and O–H groups in total. The van der Waals surface area contributed by atoms with E-state index in [0.717, 1.165) is 28.9 Å². The summed E-state index contributed by atoms with van der Waals surface area (Å²) in [5.41, 5.74) is 1.05. The van der Waals surface area contributed by atoms with E-state index in [-0.39, 0.29) is 5.91 Å². The minimum Gasteiger partial charge on any atom is -0.351 e. The van der Waals surface area contributed by atoms with E-state index in [4.69, 9.17) is 0 Å². The standard InChI is InChI=1S/C17H21BrN2O/c18-15-2-1-14(9-19-15)16(21)20-10-17-6-11-3-12(7-17)5-13(4-11)8-17/h1-2,9,11-13H,3-8,10H2,(H,20,21). The summed E-state index contributed by atoms with van der Waals surface area (Å²) in [6.45, 7) is 0.853. The molecule has 4 bridgehead atoms. The molecule has 3 nitrogen and oxygen atoms in total. The fourth-order valence-electron chi connectivity index (χ4n) is 5.39. The van der Waals surface area contributed by atoms with Gasteiger partial charge in [0.15, 0.2) is 0 Å². The summed E-state index contributed by atoms with van der Waals surface area (Å²) in [4.78, 5) is 16.4. The highest BCUT2D eigenvalue weighted by Gasteiger charge is 2.50. The number of carbonyl (C=O) groups excluding carboxylic acids is 1. The monoisotopic (exact) mass is 348 g/mol. The van der Waals surface area contributed by atoms with Gasteiger partial charge in [0.25, 0.3) is 5.91 Å². The largest absolute Gasteiger partial charge is 0.351 e. The topological polar surface area (TPSA) is 42.0 Å². The van der Waals surface area contributed by atoms with Crippen molar-refractivity contribution < 1.29 is 4.79 Å². The number of hydrogen-bond donors (Lipinski definition) is 1. The molecule has 112 valence electrons. The zero-order valence-electron chi connectivity index (χ0n) is 12.1. The summed E-state index contributed by atoms with van der Waals surface area (Å²) in [5, 5.41) is 3.18. The van der Waals surface area contributed by atoms with Crippen LogP contribution in [-0.4, -0.2) is 17.4 Å². The molecule has 0 unspecified atom stereocenters. The van der Waals surface area contributed by atoms with Crippen LogP contribution in [0.25, 0.3) is 0 Å². The number of amides is 1. The molecule has 4 aliphatic carbocycles. The van der Waals surface area contributed by atoms with Crippen LogP contribution in [0.5, 0.6) is 0 Å². The van der Waals surface area contributed by atoms with Gasteiger partial charge in [-0.25, -0.2) is 4.98 Å². The van der Waals surface area contributed by atoms with Gasteiger partial charge in [0.2, 0.25) is 0 Å². The average molecular weight is 349 g/mol. The van der Waals surface area contributed by atoms with Crippen LogP contribution in [-0.2, 0) is 0 Å². The van der Waals surface area contributed by atoms with Crippen molar-refractivity contribution in [1.82, 2.24) is 10.3 Å². The Bertz CT molecular complexity index is 519. The van der Waals surface area contributed by atoms with Gasteiger partial charge in [-0.15, -0.1) is 0 Å². The molecule has 1 heterocycles. The van der Waals surface area contributed by atoms with Crippen molar-refractivity contribution in [3.63, 3.8) is 0 Å². The quantitative estimate of drug-likeness (QED) is 0.844. The van der Waals surface area contributed by atoms with Gasteiger partial charge in [-0.2, -0.15) is 0 Å². The first kappa shape index (κ1) is 13.7. The summed E-state index contributed by atoms with van der Waals surface area (Å²) in [5.74, 6) is 2.82. The number of nitrogens with one attached hydrogen (secondary N) is 1. The molecule has 0 atom stereocenters. The maximum atomic E-state index is 12.3. The van der Waals surface area contributed by atoms with E-state index in [9.17, 15) is 4.79 Å². The Kier molecular flexibility index (Phi) is 3.32. The molecular formula is C17H21BrN2O. The van der Waals surface area contributed by atoms with E-state index in [1.54, 1.807) is 6.20 Å². The predicted octanol–water partition coefficient (Wildman–Crippen LogP) is 3.79. The van der Waals surface area contributed by atoms with Crippen molar-refractivity contribution in [2.24, 2.45) is 23.2 Å². The normalized spacial score (nSPS) is 36.7. The van der Waals surface area contributed by atoms with Crippen LogP contribution in [0, 0.1) is 23.2 Å². The van der Waals surface area contributed by atoms with Crippen LogP contribution in [0.3, 0.4) is 0 Å². The lowest BCUT2D eigenvalue weighted by Gasteiger charge is -2.56. The number of halogens is 1. The van der Waals surface area contributed by atoms with Gasteiger partial charge < -0.3 is 5.32 Å². The second kappa shape index (κ2) is 5.08. The highest BCUT2D eigenvalue weighted by molar-refractivity contribution is 9.10. The Morgan fingerprint density at radius 3 is 2.33 bits per heavy atom. The first-order valence-corrected chi connectivity index (χ1v) is 8.81. The molecule has 1 amide bonds. The predicted molar refractivity (Wildman–Crippen MR) is 84.9 cm³/mol.